The van der Waals surface area contributed by atoms with E-state index in [1.807, 2.05) is 43.3 Å². The first-order valence-corrected chi connectivity index (χ1v) is 8.48. The van der Waals surface area contributed by atoms with Gasteiger partial charge in [-0.2, -0.15) is 0 Å². The molecule has 2 aromatic rings. The van der Waals surface area contributed by atoms with Crippen LogP contribution in [0, 0.1) is 6.92 Å². The number of amides is 1. The van der Waals surface area contributed by atoms with Crippen LogP contribution in [0.5, 0.6) is 5.75 Å². The van der Waals surface area contributed by atoms with Crippen LogP contribution < -0.4 is 10.1 Å². The predicted octanol–water partition coefficient (Wildman–Crippen LogP) is 5.30. The third-order valence-electron chi connectivity index (χ3n) is 2.67. The van der Waals surface area contributed by atoms with Crippen LogP contribution in [0.3, 0.4) is 0 Å². The van der Waals surface area contributed by atoms with Gasteiger partial charge in [-0.25, -0.2) is 0 Å². The van der Waals surface area contributed by atoms with E-state index in [4.69, 9.17) is 4.74 Å². The van der Waals surface area contributed by atoms with E-state index >= 15 is 0 Å². The Hall–Kier alpha value is -0.850. The van der Waals surface area contributed by atoms with Crippen molar-refractivity contribution in [1.29, 1.82) is 0 Å². The van der Waals surface area contributed by atoms with Crippen molar-refractivity contribution in [2.45, 2.75) is 6.92 Å². The minimum absolute atomic E-state index is 0.0679. The summed E-state index contributed by atoms with van der Waals surface area (Å²) in [6.45, 7) is 1.92. The number of hydrogen-bond donors (Lipinski definition) is 1. The van der Waals surface area contributed by atoms with Gasteiger partial charge in [0, 0.05) is 4.47 Å². The molecule has 1 N–H and O–H groups in total. The van der Waals surface area contributed by atoms with Crippen molar-refractivity contribution in [3.05, 3.63) is 55.4 Å². The molecule has 1 amide bonds. The van der Waals surface area contributed by atoms with Gasteiger partial charge in [-0.1, -0.05) is 12.1 Å². The monoisotopic (exact) mass is 475 g/mol. The van der Waals surface area contributed by atoms with E-state index in [1.165, 1.54) is 0 Å². The number of carbonyl (C=O) groups is 1. The fourth-order valence-corrected chi connectivity index (χ4v) is 3.49. The van der Waals surface area contributed by atoms with Crippen LogP contribution in [0.1, 0.15) is 5.56 Å². The second-order valence-electron chi connectivity index (χ2n) is 4.37. The van der Waals surface area contributed by atoms with E-state index in [0.29, 0.717) is 5.75 Å². The zero-order valence-corrected chi connectivity index (χ0v) is 15.9. The smallest absolute Gasteiger partial charge is 0.262 e. The summed E-state index contributed by atoms with van der Waals surface area (Å²) in [5.74, 6) is 0.387. The molecule has 110 valence electrons. The Morgan fingerprint density at radius 2 is 1.76 bits per heavy atom. The Labute approximate surface area is 148 Å². The number of para-hydroxylation sites is 1. The fourth-order valence-electron chi connectivity index (χ4n) is 1.67. The molecule has 0 aliphatic carbocycles. The van der Waals surface area contributed by atoms with Crippen LogP contribution in [0.4, 0.5) is 5.69 Å². The maximum atomic E-state index is 12.0. The van der Waals surface area contributed by atoms with Crippen LogP contribution in [0.15, 0.2) is 49.8 Å². The Balaban J connectivity index is 1.99. The van der Waals surface area contributed by atoms with Crippen molar-refractivity contribution in [1.82, 2.24) is 0 Å². The first-order chi connectivity index (χ1) is 9.97. The van der Waals surface area contributed by atoms with Crippen molar-refractivity contribution in [3.63, 3.8) is 0 Å². The van der Waals surface area contributed by atoms with Gasteiger partial charge in [0.1, 0.15) is 5.75 Å². The van der Waals surface area contributed by atoms with Gasteiger partial charge in [0.25, 0.3) is 5.91 Å². The molecule has 2 aromatic carbocycles. The minimum Gasteiger partial charge on any atom is -0.481 e. The summed E-state index contributed by atoms with van der Waals surface area (Å²) in [5, 5.41) is 2.81. The van der Waals surface area contributed by atoms with E-state index in [-0.39, 0.29) is 12.5 Å². The Kier molecular flexibility index (Phi) is 5.84. The number of aryl methyl sites for hydroxylation is 1. The lowest BCUT2D eigenvalue weighted by Gasteiger charge is -2.11. The molecule has 0 bridgehead atoms. The third-order valence-corrected chi connectivity index (χ3v) is 4.57. The lowest BCUT2D eigenvalue weighted by atomic mass is 10.2. The van der Waals surface area contributed by atoms with Gasteiger partial charge in [0.2, 0.25) is 0 Å². The summed E-state index contributed by atoms with van der Waals surface area (Å²) in [6, 6.07) is 11.3. The highest BCUT2D eigenvalue weighted by Gasteiger charge is 2.10. The molecular formula is C15H12Br3NO2. The number of halogens is 3. The fraction of sp³-hybridized carbons (Fsp3) is 0.133. The van der Waals surface area contributed by atoms with Crippen LogP contribution in [0.25, 0.3) is 0 Å². The standard InChI is InChI=1S/C15H12Br3NO2/c1-9-5-6-13(12(18)7-9)19-14(20)8-21-15-10(16)3-2-4-11(15)17/h2-7H,8H2,1H3,(H,19,20). The average molecular weight is 478 g/mol. The molecule has 21 heavy (non-hydrogen) atoms. The number of anilines is 1. The number of ether oxygens (including phenoxy) is 1. The van der Waals surface area contributed by atoms with E-state index < -0.39 is 0 Å². The predicted molar refractivity (Wildman–Crippen MR) is 94.8 cm³/mol. The highest BCUT2D eigenvalue weighted by atomic mass is 79.9. The summed E-state index contributed by atoms with van der Waals surface area (Å²) in [7, 11) is 0. The molecule has 0 aliphatic rings. The molecular weight excluding hydrogens is 466 g/mol. The lowest BCUT2D eigenvalue weighted by molar-refractivity contribution is -0.118. The van der Waals surface area contributed by atoms with E-state index in [2.05, 4.69) is 53.1 Å². The SMILES string of the molecule is Cc1ccc(NC(=O)COc2c(Br)cccc2Br)c(Br)c1. The Morgan fingerprint density at radius 1 is 1.10 bits per heavy atom. The van der Waals surface area contributed by atoms with Crippen molar-refractivity contribution in [2.75, 3.05) is 11.9 Å². The summed E-state index contributed by atoms with van der Waals surface area (Å²) in [4.78, 5) is 12.0. The summed E-state index contributed by atoms with van der Waals surface area (Å²) < 4.78 is 7.97. The molecule has 0 aromatic heterocycles. The highest BCUT2D eigenvalue weighted by Crippen LogP contribution is 2.33. The summed E-state index contributed by atoms with van der Waals surface area (Å²) >= 11 is 10.2. The maximum Gasteiger partial charge on any atom is 0.262 e. The number of nitrogens with one attached hydrogen (secondary N) is 1. The van der Waals surface area contributed by atoms with Gasteiger partial charge in [0.15, 0.2) is 6.61 Å². The van der Waals surface area contributed by atoms with Crippen molar-refractivity contribution in [3.8, 4) is 5.75 Å². The van der Waals surface area contributed by atoms with Crippen LogP contribution in [0.2, 0.25) is 0 Å². The zero-order chi connectivity index (χ0) is 15.4. The molecule has 2 rings (SSSR count). The van der Waals surface area contributed by atoms with Gasteiger partial charge in [-0.05, 0) is 84.5 Å². The molecule has 0 saturated heterocycles. The largest absolute Gasteiger partial charge is 0.481 e. The number of carbonyl (C=O) groups excluding carboxylic acids is 1. The molecule has 0 spiro atoms. The molecule has 0 radical (unpaired) electrons. The Morgan fingerprint density at radius 3 is 2.38 bits per heavy atom. The van der Waals surface area contributed by atoms with E-state index in [1.54, 1.807) is 0 Å². The molecule has 0 atom stereocenters. The van der Waals surface area contributed by atoms with E-state index in [9.17, 15) is 4.79 Å². The lowest BCUT2D eigenvalue weighted by Crippen LogP contribution is -2.20. The van der Waals surface area contributed by atoms with Crippen molar-refractivity contribution >= 4 is 59.4 Å². The van der Waals surface area contributed by atoms with Gasteiger partial charge in [0.05, 0.1) is 14.6 Å². The third kappa shape index (κ3) is 4.56. The number of rotatable bonds is 4. The van der Waals surface area contributed by atoms with Gasteiger partial charge < -0.3 is 10.1 Å². The second-order valence-corrected chi connectivity index (χ2v) is 6.93. The van der Waals surface area contributed by atoms with Gasteiger partial charge in [-0.15, -0.1) is 0 Å². The topological polar surface area (TPSA) is 38.3 Å². The molecule has 6 heteroatoms. The number of hydrogen-bond acceptors (Lipinski definition) is 2. The maximum absolute atomic E-state index is 12.0. The first kappa shape index (κ1) is 16.5. The van der Waals surface area contributed by atoms with Crippen LogP contribution in [-0.4, -0.2) is 12.5 Å². The average Bonchev–Trinajstić information content (AvgIpc) is 2.41. The minimum atomic E-state index is -0.220. The van der Waals surface area contributed by atoms with Crippen molar-refractivity contribution in [2.24, 2.45) is 0 Å². The quantitative estimate of drug-likeness (QED) is 0.649. The molecule has 0 aliphatic heterocycles. The van der Waals surface area contributed by atoms with Gasteiger partial charge in [-0.3, -0.25) is 4.79 Å². The summed E-state index contributed by atoms with van der Waals surface area (Å²) in [5.41, 5.74) is 1.84. The van der Waals surface area contributed by atoms with E-state index in [0.717, 1.165) is 24.7 Å². The van der Waals surface area contributed by atoms with Gasteiger partial charge >= 0.3 is 0 Å². The molecule has 0 saturated carbocycles. The van der Waals surface area contributed by atoms with Crippen molar-refractivity contribution < 1.29 is 9.53 Å². The molecule has 0 heterocycles. The highest BCUT2D eigenvalue weighted by molar-refractivity contribution is 9.11. The first-order valence-electron chi connectivity index (χ1n) is 6.10. The number of benzene rings is 2. The normalized spacial score (nSPS) is 10.3. The molecule has 0 fully saturated rings. The zero-order valence-electron chi connectivity index (χ0n) is 11.1. The summed E-state index contributed by atoms with van der Waals surface area (Å²) in [6.07, 6.45) is 0. The molecule has 0 unspecified atom stereocenters. The second kappa shape index (κ2) is 7.42. The molecule has 3 nitrogen and oxygen atoms in total. The van der Waals surface area contributed by atoms with Crippen LogP contribution in [-0.2, 0) is 4.79 Å². The van der Waals surface area contributed by atoms with Crippen LogP contribution >= 0.6 is 47.8 Å². The Bertz CT molecular complexity index is 654.